The third-order valence-corrected chi connectivity index (χ3v) is 4.50. The molecule has 0 fully saturated rings. The number of ether oxygens (including phenoxy) is 1. The van der Waals surface area contributed by atoms with Crippen LogP contribution in [0.5, 0.6) is 0 Å². The van der Waals surface area contributed by atoms with Crippen molar-refractivity contribution in [3.8, 4) is 0 Å². The van der Waals surface area contributed by atoms with E-state index in [9.17, 15) is 14.4 Å². The van der Waals surface area contributed by atoms with E-state index >= 15 is 0 Å². The fourth-order valence-corrected chi connectivity index (χ4v) is 2.91. The molecule has 2 aromatic heterocycles. The van der Waals surface area contributed by atoms with Gasteiger partial charge in [0, 0.05) is 30.7 Å². The SMILES string of the molecule is CCN(C(N)=O)c1cc(Nc2ccc(C(=O)OC)cc2)c(C(=O)Nc2cccnc2)cn1. The lowest BCUT2D eigenvalue weighted by Gasteiger charge is -2.20. The van der Waals surface area contributed by atoms with Crippen LogP contribution in [0.4, 0.5) is 27.7 Å². The smallest absolute Gasteiger partial charge is 0.337 e. The Bertz CT molecular complexity index is 1120. The number of carbonyl (C=O) groups is 3. The summed E-state index contributed by atoms with van der Waals surface area (Å²) in [5.41, 5.74) is 7.56. The second-order valence-electron chi connectivity index (χ2n) is 6.56. The first-order valence-corrected chi connectivity index (χ1v) is 9.66. The fourth-order valence-electron chi connectivity index (χ4n) is 2.91. The number of hydrogen-bond acceptors (Lipinski definition) is 7. The van der Waals surface area contributed by atoms with Gasteiger partial charge in [0.05, 0.1) is 35.8 Å². The number of hydrogen-bond donors (Lipinski definition) is 3. The van der Waals surface area contributed by atoms with Crippen LogP contribution in [0, 0.1) is 0 Å². The van der Waals surface area contributed by atoms with E-state index in [1.54, 1.807) is 55.6 Å². The number of esters is 1. The maximum Gasteiger partial charge on any atom is 0.337 e. The van der Waals surface area contributed by atoms with Crippen LogP contribution < -0.4 is 21.3 Å². The molecule has 10 nitrogen and oxygen atoms in total. The Labute approximate surface area is 184 Å². The highest BCUT2D eigenvalue weighted by atomic mass is 16.5. The van der Waals surface area contributed by atoms with Crippen molar-refractivity contribution in [2.24, 2.45) is 5.73 Å². The molecule has 0 radical (unpaired) electrons. The number of urea groups is 1. The molecule has 10 heteroatoms. The van der Waals surface area contributed by atoms with Crippen LogP contribution in [0.15, 0.2) is 61.1 Å². The number of benzene rings is 1. The molecule has 3 amide bonds. The zero-order valence-electron chi connectivity index (χ0n) is 17.5. The van der Waals surface area contributed by atoms with Gasteiger partial charge in [-0.3, -0.25) is 14.7 Å². The Morgan fingerprint density at radius 3 is 2.44 bits per heavy atom. The summed E-state index contributed by atoms with van der Waals surface area (Å²) in [6.45, 7) is 2.06. The molecule has 0 aliphatic carbocycles. The number of primary amides is 1. The summed E-state index contributed by atoms with van der Waals surface area (Å²) in [5.74, 6) is -0.598. The molecule has 4 N–H and O–H groups in total. The van der Waals surface area contributed by atoms with Gasteiger partial charge in [0.1, 0.15) is 5.82 Å². The van der Waals surface area contributed by atoms with Gasteiger partial charge in [-0.05, 0) is 43.3 Å². The molecule has 1 aromatic carbocycles. The van der Waals surface area contributed by atoms with Crippen molar-refractivity contribution < 1.29 is 19.1 Å². The minimum atomic E-state index is -0.666. The van der Waals surface area contributed by atoms with Gasteiger partial charge >= 0.3 is 12.0 Å². The molecular formula is C22H22N6O4. The Morgan fingerprint density at radius 1 is 1.09 bits per heavy atom. The Morgan fingerprint density at radius 2 is 1.84 bits per heavy atom. The number of nitrogens with one attached hydrogen (secondary N) is 2. The highest BCUT2D eigenvalue weighted by Crippen LogP contribution is 2.26. The number of amides is 3. The molecule has 3 aromatic rings. The predicted octanol–water partition coefficient (Wildman–Crippen LogP) is 3.16. The summed E-state index contributed by atoms with van der Waals surface area (Å²) in [6, 6.07) is 10.8. The monoisotopic (exact) mass is 434 g/mol. The van der Waals surface area contributed by atoms with Crippen LogP contribution >= 0.6 is 0 Å². The summed E-state index contributed by atoms with van der Waals surface area (Å²) < 4.78 is 4.70. The minimum Gasteiger partial charge on any atom is -0.465 e. The normalized spacial score (nSPS) is 10.2. The number of methoxy groups -OCH3 is 1. The van der Waals surface area contributed by atoms with Gasteiger partial charge < -0.3 is 21.1 Å². The first-order valence-electron chi connectivity index (χ1n) is 9.66. The van der Waals surface area contributed by atoms with Crippen molar-refractivity contribution in [2.75, 3.05) is 29.2 Å². The lowest BCUT2D eigenvalue weighted by atomic mass is 10.1. The maximum absolute atomic E-state index is 12.9. The van der Waals surface area contributed by atoms with E-state index in [1.807, 2.05) is 0 Å². The minimum absolute atomic E-state index is 0.232. The number of nitrogens with zero attached hydrogens (tertiary/aromatic N) is 3. The number of anilines is 4. The third-order valence-electron chi connectivity index (χ3n) is 4.50. The van der Waals surface area contributed by atoms with Crippen LogP contribution in [0.25, 0.3) is 0 Å². The summed E-state index contributed by atoms with van der Waals surface area (Å²) in [5, 5.41) is 5.89. The molecule has 0 spiro atoms. The Kier molecular flexibility index (Phi) is 6.96. The predicted molar refractivity (Wildman–Crippen MR) is 120 cm³/mol. The highest BCUT2D eigenvalue weighted by molar-refractivity contribution is 6.08. The second kappa shape index (κ2) is 10.0. The number of rotatable bonds is 7. The summed E-state index contributed by atoms with van der Waals surface area (Å²) >= 11 is 0. The standard InChI is InChI=1S/C22H22N6O4/c1-3-28(22(23)31)19-11-18(26-15-8-6-14(7-9-15)21(30)32-2)17(13-25-19)20(29)27-16-5-4-10-24-12-16/h4-13H,3H2,1-2H3,(H2,23,31)(H,25,26)(H,27,29). The van der Waals surface area contributed by atoms with E-state index in [4.69, 9.17) is 10.5 Å². The van der Waals surface area contributed by atoms with Crippen molar-refractivity contribution in [1.29, 1.82) is 0 Å². The maximum atomic E-state index is 12.9. The summed E-state index contributed by atoms with van der Waals surface area (Å²) in [4.78, 5) is 45.8. The van der Waals surface area contributed by atoms with E-state index in [-0.39, 0.29) is 11.4 Å². The quantitative estimate of drug-likeness (QED) is 0.485. The largest absolute Gasteiger partial charge is 0.465 e. The molecule has 0 aliphatic rings. The van der Waals surface area contributed by atoms with E-state index in [2.05, 4.69) is 20.6 Å². The topological polar surface area (TPSA) is 140 Å². The van der Waals surface area contributed by atoms with E-state index < -0.39 is 17.9 Å². The third kappa shape index (κ3) is 5.17. The van der Waals surface area contributed by atoms with Crippen molar-refractivity contribution in [2.45, 2.75) is 6.92 Å². The molecule has 0 atom stereocenters. The molecule has 0 saturated heterocycles. The van der Waals surface area contributed by atoms with Crippen LogP contribution in [0.1, 0.15) is 27.6 Å². The van der Waals surface area contributed by atoms with Crippen LogP contribution in [0.2, 0.25) is 0 Å². The van der Waals surface area contributed by atoms with Gasteiger partial charge in [-0.2, -0.15) is 0 Å². The van der Waals surface area contributed by atoms with Crippen LogP contribution in [-0.4, -0.2) is 41.5 Å². The molecule has 2 heterocycles. The summed E-state index contributed by atoms with van der Waals surface area (Å²) in [6.07, 6.45) is 4.47. The molecule has 3 rings (SSSR count). The lowest BCUT2D eigenvalue weighted by molar-refractivity contribution is 0.0600. The molecule has 32 heavy (non-hydrogen) atoms. The van der Waals surface area contributed by atoms with Gasteiger partial charge in [-0.1, -0.05) is 0 Å². The Hall–Kier alpha value is -4.47. The van der Waals surface area contributed by atoms with Gasteiger partial charge in [0.25, 0.3) is 5.91 Å². The molecule has 0 saturated carbocycles. The molecule has 0 unspecified atom stereocenters. The van der Waals surface area contributed by atoms with E-state index in [0.717, 1.165) is 0 Å². The van der Waals surface area contributed by atoms with E-state index in [0.29, 0.717) is 29.2 Å². The lowest BCUT2D eigenvalue weighted by Crippen LogP contribution is -2.36. The average Bonchev–Trinajstić information content (AvgIpc) is 2.80. The summed E-state index contributed by atoms with van der Waals surface area (Å²) in [7, 11) is 1.30. The number of nitrogens with two attached hydrogens (primary N) is 1. The Balaban J connectivity index is 1.96. The van der Waals surface area contributed by atoms with Crippen molar-refractivity contribution in [1.82, 2.24) is 9.97 Å². The number of pyridine rings is 2. The molecule has 164 valence electrons. The van der Waals surface area contributed by atoms with Crippen molar-refractivity contribution >= 4 is 40.8 Å². The van der Waals surface area contributed by atoms with E-state index in [1.165, 1.54) is 24.4 Å². The first-order chi connectivity index (χ1) is 15.4. The zero-order chi connectivity index (χ0) is 23.1. The van der Waals surface area contributed by atoms with Crippen LogP contribution in [0.3, 0.4) is 0 Å². The highest BCUT2D eigenvalue weighted by Gasteiger charge is 2.18. The van der Waals surface area contributed by atoms with Gasteiger partial charge in [0.15, 0.2) is 0 Å². The molecule has 0 aliphatic heterocycles. The average molecular weight is 434 g/mol. The van der Waals surface area contributed by atoms with Crippen LogP contribution in [-0.2, 0) is 4.74 Å². The number of aromatic nitrogens is 2. The van der Waals surface area contributed by atoms with Crippen molar-refractivity contribution in [3.63, 3.8) is 0 Å². The van der Waals surface area contributed by atoms with Gasteiger partial charge in [-0.15, -0.1) is 0 Å². The number of carbonyl (C=O) groups excluding carboxylic acids is 3. The molecular weight excluding hydrogens is 412 g/mol. The van der Waals surface area contributed by atoms with Gasteiger partial charge in [0.2, 0.25) is 0 Å². The molecule has 0 bridgehead atoms. The first kappa shape index (κ1) is 22.2. The fraction of sp³-hybridized carbons (Fsp3) is 0.136. The second-order valence-corrected chi connectivity index (χ2v) is 6.56. The zero-order valence-corrected chi connectivity index (χ0v) is 17.5. The van der Waals surface area contributed by atoms with Gasteiger partial charge in [-0.25, -0.2) is 14.6 Å². The van der Waals surface area contributed by atoms with Crippen molar-refractivity contribution in [3.05, 3.63) is 72.2 Å².